The van der Waals surface area contributed by atoms with E-state index < -0.39 is 0 Å². The average molecular weight is 317 g/mol. The van der Waals surface area contributed by atoms with Crippen LogP contribution in [0.25, 0.3) is 17.2 Å². The molecule has 0 bridgehead atoms. The van der Waals surface area contributed by atoms with E-state index in [1.807, 2.05) is 66.7 Å². The molecule has 1 heterocycles. The Morgan fingerprint density at radius 3 is 2.54 bits per heavy atom. The van der Waals surface area contributed by atoms with Gasteiger partial charge in [0.2, 0.25) is 5.88 Å². The van der Waals surface area contributed by atoms with E-state index in [9.17, 15) is 0 Å². The van der Waals surface area contributed by atoms with Crippen molar-refractivity contribution < 1.29 is 9.47 Å². The predicted molar refractivity (Wildman–Crippen MR) is 97.1 cm³/mol. The van der Waals surface area contributed by atoms with E-state index in [0.29, 0.717) is 12.5 Å². The minimum atomic E-state index is 0.502. The molecule has 0 unspecified atom stereocenters. The van der Waals surface area contributed by atoms with Crippen LogP contribution in [0.15, 0.2) is 73.4 Å². The van der Waals surface area contributed by atoms with Gasteiger partial charge in [0.05, 0.1) is 7.11 Å². The highest BCUT2D eigenvalue weighted by atomic mass is 16.5. The molecule has 3 heteroatoms. The highest BCUT2D eigenvalue weighted by Crippen LogP contribution is 2.31. The largest absolute Gasteiger partial charge is 0.496 e. The van der Waals surface area contributed by atoms with Crippen molar-refractivity contribution in [1.29, 1.82) is 0 Å². The first-order valence-electron chi connectivity index (χ1n) is 7.74. The molecular weight excluding hydrogens is 298 g/mol. The molecule has 0 fully saturated rings. The number of hydrogen-bond acceptors (Lipinski definition) is 3. The van der Waals surface area contributed by atoms with Crippen LogP contribution in [-0.2, 0) is 6.61 Å². The minimum Gasteiger partial charge on any atom is -0.496 e. The van der Waals surface area contributed by atoms with Gasteiger partial charge in [-0.1, -0.05) is 49.1 Å². The SMILES string of the molecule is C=Cc1ccc(OC)c(-c2ccc(OCc3ccccc3)nc2)c1. The lowest BCUT2D eigenvalue weighted by Crippen LogP contribution is -1.97. The van der Waals surface area contributed by atoms with Crippen molar-refractivity contribution in [2.45, 2.75) is 6.61 Å². The summed E-state index contributed by atoms with van der Waals surface area (Å²) in [6.45, 7) is 4.31. The first-order chi connectivity index (χ1) is 11.8. The van der Waals surface area contributed by atoms with Gasteiger partial charge in [0.15, 0.2) is 0 Å². The molecule has 0 atom stereocenters. The lowest BCUT2D eigenvalue weighted by atomic mass is 10.0. The summed E-state index contributed by atoms with van der Waals surface area (Å²) in [5.41, 5.74) is 4.11. The normalized spacial score (nSPS) is 10.2. The fourth-order valence-corrected chi connectivity index (χ4v) is 2.43. The molecule has 120 valence electrons. The van der Waals surface area contributed by atoms with Gasteiger partial charge in [-0.3, -0.25) is 0 Å². The summed E-state index contributed by atoms with van der Waals surface area (Å²) >= 11 is 0. The summed E-state index contributed by atoms with van der Waals surface area (Å²) in [6.07, 6.45) is 3.61. The maximum atomic E-state index is 5.73. The van der Waals surface area contributed by atoms with E-state index in [2.05, 4.69) is 11.6 Å². The van der Waals surface area contributed by atoms with Gasteiger partial charge in [0.25, 0.3) is 0 Å². The van der Waals surface area contributed by atoms with Crippen LogP contribution < -0.4 is 9.47 Å². The fourth-order valence-electron chi connectivity index (χ4n) is 2.43. The molecule has 0 aliphatic rings. The molecule has 0 aliphatic carbocycles. The second kappa shape index (κ2) is 7.47. The highest BCUT2D eigenvalue weighted by Gasteiger charge is 2.07. The summed E-state index contributed by atoms with van der Waals surface area (Å²) in [5, 5.41) is 0. The summed E-state index contributed by atoms with van der Waals surface area (Å²) in [7, 11) is 1.66. The van der Waals surface area contributed by atoms with E-state index in [0.717, 1.165) is 28.0 Å². The van der Waals surface area contributed by atoms with Crippen molar-refractivity contribution in [1.82, 2.24) is 4.98 Å². The summed E-state index contributed by atoms with van der Waals surface area (Å²) in [4.78, 5) is 4.40. The second-order valence-electron chi connectivity index (χ2n) is 5.32. The van der Waals surface area contributed by atoms with Gasteiger partial charge in [0.1, 0.15) is 12.4 Å². The van der Waals surface area contributed by atoms with Crippen molar-refractivity contribution >= 4 is 6.08 Å². The molecule has 2 aromatic carbocycles. The Balaban J connectivity index is 1.78. The van der Waals surface area contributed by atoms with Crippen LogP contribution in [0.2, 0.25) is 0 Å². The number of benzene rings is 2. The molecule has 0 aliphatic heterocycles. The Labute approximate surface area is 142 Å². The molecule has 0 saturated carbocycles. The Bertz CT molecular complexity index is 811. The van der Waals surface area contributed by atoms with Gasteiger partial charge in [-0.25, -0.2) is 4.98 Å². The Kier molecular flexibility index (Phi) is 4.92. The van der Waals surface area contributed by atoms with Crippen molar-refractivity contribution in [2.75, 3.05) is 7.11 Å². The van der Waals surface area contributed by atoms with Crippen molar-refractivity contribution in [3.05, 3.63) is 84.6 Å². The number of rotatable bonds is 6. The van der Waals surface area contributed by atoms with Gasteiger partial charge in [-0.15, -0.1) is 0 Å². The number of methoxy groups -OCH3 is 1. The molecule has 0 saturated heterocycles. The molecule has 3 aromatic rings. The topological polar surface area (TPSA) is 31.4 Å². The summed E-state index contributed by atoms with van der Waals surface area (Å²) in [6, 6.07) is 19.8. The van der Waals surface area contributed by atoms with E-state index >= 15 is 0 Å². The van der Waals surface area contributed by atoms with Crippen molar-refractivity contribution in [3.63, 3.8) is 0 Å². The zero-order valence-corrected chi connectivity index (χ0v) is 13.6. The number of pyridine rings is 1. The van der Waals surface area contributed by atoms with Crippen LogP contribution in [-0.4, -0.2) is 12.1 Å². The lowest BCUT2D eigenvalue weighted by Gasteiger charge is -2.10. The quantitative estimate of drug-likeness (QED) is 0.642. The molecule has 0 spiro atoms. The number of aromatic nitrogens is 1. The number of ether oxygens (including phenoxy) is 2. The highest BCUT2D eigenvalue weighted by molar-refractivity contribution is 5.73. The molecule has 3 nitrogen and oxygen atoms in total. The van der Waals surface area contributed by atoms with Crippen molar-refractivity contribution in [2.24, 2.45) is 0 Å². The Morgan fingerprint density at radius 1 is 1.04 bits per heavy atom. The average Bonchev–Trinajstić information content (AvgIpc) is 2.67. The van der Waals surface area contributed by atoms with Crippen LogP contribution >= 0.6 is 0 Å². The standard InChI is InChI=1S/C21H19NO2/c1-3-16-9-11-20(23-2)19(13-16)18-10-12-21(22-14-18)24-15-17-7-5-4-6-8-17/h3-14H,1,15H2,2H3. The minimum absolute atomic E-state index is 0.502. The zero-order chi connectivity index (χ0) is 16.8. The van der Waals surface area contributed by atoms with Gasteiger partial charge in [-0.2, -0.15) is 0 Å². The van der Waals surface area contributed by atoms with Crippen LogP contribution in [0.3, 0.4) is 0 Å². The monoisotopic (exact) mass is 317 g/mol. The summed E-state index contributed by atoms with van der Waals surface area (Å²) < 4.78 is 11.2. The maximum absolute atomic E-state index is 5.73. The van der Waals surface area contributed by atoms with E-state index in [-0.39, 0.29) is 0 Å². The molecule has 0 amide bonds. The van der Waals surface area contributed by atoms with Crippen LogP contribution in [0, 0.1) is 0 Å². The molecule has 0 N–H and O–H groups in total. The molecule has 24 heavy (non-hydrogen) atoms. The molecular formula is C21H19NO2. The smallest absolute Gasteiger partial charge is 0.213 e. The van der Waals surface area contributed by atoms with Gasteiger partial charge in [-0.05, 0) is 29.3 Å². The predicted octanol–water partition coefficient (Wildman–Crippen LogP) is 4.98. The zero-order valence-electron chi connectivity index (χ0n) is 13.6. The maximum Gasteiger partial charge on any atom is 0.213 e. The first-order valence-corrected chi connectivity index (χ1v) is 7.74. The van der Waals surface area contributed by atoms with Crippen LogP contribution in [0.5, 0.6) is 11.6 Å². The van der Waals surface area contributed by atoms with Crippen LogP contribution in [0.4, 0.5) is 0 Å². The molecule has 1 aromatic heterocycles. The van der Waals surface area contributed by atoms with E-state index in [4.69, 9.17) is 9.47 Å². The van der Waals surface area contributed by atoms with Crippen LogP contribution in [0.1, 0.15) is 11.1 Å². The first kappa shape index (κ1) is 15.8. The van der Waals surface area contributed by atoms with E-state index in [1.54, 1.807) is 13.3 Å². The third-order valence-electron chi connectivity index (χ3n) is 3.74. The number of hydrogen-bond donors (Lipinski definition) is 0. The summed E-state index contributed by atoms with van der Waals surface area (Å²) in [5.74, 6) is 1.40. The van der Waals surface area contributed by atoms with Crippen molar-refractivity contribution in [3.8, 4) is 22.8 Å². The lowest BCUT2D eigenvalue weighted by molar-refractivity contribution is 0.294. The fraction of sp³-hybridized carbons (Fsp3) is 0.0952. The van der Waals surface area contributed by atoms with Gasteiger partial charge < -0.3 is 9.47 Å². The molecule has 0 radical (unpaired) electrons. The van der Waals surface area contributed by atoms with Gasteiger partial charge >= 0.3 is 0 Å². The molecule has 3 rings (SSSR count). The number of nitrogens with zero attached hydrogens (tertiary/aromatic N) is 1. The van der Waals surface area contributed by atoms with E-state index in [1.165, 1.54) is 0 Å². The second-order valence-corrected chi connectivity index (χ2v) is 5.32. The third-order valence-corrected chi connectivity index (χ3v) is 3.74. The Hall–Kier alpha value is -3.07. The van der Waals surface area contributed by atoms with Gasteiger partial charge in [0, 0.05) is 23.4 Å². The Morgan fingerprint density at radius 2 is 1.88 bits per heavy atom. The third kappa shape index (κ3) is 3.63.